The Bertz CT molecular complexity index is 395. The quantitative estimate of drug-likeness (QED) is 0.836. The number of ether oxygens (including phenoxy) is 1. The maximum Gasteiger partial charge on any atom is 0.246 e. The molecule has 1 aliphatic heterocycles. The average Bonchev–Trinajstić information content (AvgIpc) is 3.13. The molecule has 1 aromatic heterocycles. The van der Waals surface area contributed by atoms with E-state index < -0.39 is 0 Å². The van der Waals surface area contributed by atoms with E-state index in [2.05, 4.69) is 21.9 Å². The molecule has 6 nitrogen and oxygen atoms in total. The number of morpholine rings is 1. The van der Waals surface area contributed by atoms with Crippen molar-refractivity contribution in [2.75, 3.05) is 36.9 Å². The molecule has 3 rings (SSSR count). The van der Waals surface area contributed by atoms with Gasteiger partial charge in [0.2, 0.25) is 11.9 Å². The molecule has 0 aromatic carbocycles. The van der Waals surface area contributed by atoms with Crippen LogP contribution in [0.3, 0.4) is 0 Å². The van der Waals surface area contributed by atoms with Crippen molar-refractivity contribution < 1.29 is 4.74 Å². The van der Waals surface area contributed by atoms with Crippen LogP contribution in [0.2, 0.25) is 0 Å². The minimum Gasteiger partial charge on any atom is -0.378 e. The lowest BCUT2D eigenvalue weighted by molar-refractivity contribution is 0.122. The zero-order valence-electron chi connectivity index (χ0n) is 10.2. The Morgan fingerprint density at radius 3 is 2.71 bits per heavy atom. The number of nitrogens with zero attached hydrogens (tertiary/aromatic N) is 4. The van der Waals surface area contributed by atoms with Gasteiger partial charge in [-0.15, -0.1) is 5.10 Å². The number of hydrogen-bond acceptors (Lipinski definition) is 5. The van der Waals surface area contributed by atoms with Crippen LogP contribution in [0.15, 0.2) is 0 Å². The van der Waals surface area contributed by atoms with Gasteiger partial charge in [0.1, 0.15) is 0 Å². The number of hydrogen-bond donors (Lipinski definition) is 1. The van der Waals surface area contributed by atoms with E-state index in [-0.39, 0.29) is 0 Å². The van der Waals surface area contributed by atoms with Gasteiger partial charge >= 0.3 is 0 Å². The fourth-order valence-corrected chi connectivity index (χ4v) is 2.30. The monoisotopic (exact) mass is 237 g/mol. The zero-order chi connectivity index (χ0) is 11.8. The third-order valence-corrected chi connectivity index (χ3v) is 3.63. The summed E-state index contributed by atoms with van der Waals surface area (Å²) in [5.74, 6) is 2.01. The van der Waals surface area contributed by atoms with Gasteiger partial charge in [0.05, 0.1) is 19.3 Å². The van der Waals surface area contributed by atoms with Crippen LogP contribution in [0.4, 0.5) is 11.9 Å². The second-order valence-corrected chi connectivity index (χ2v) is 4.89. The van der Waals surface area contributed by atoms with E-state index >= 15 is 0 Å². The number of anilines is 2. The van der Waals surface area contributed by atoms with E-state index in [0.717, 1.165) is 38.2 Å². The van der Waals surface area contributed by atoms with Crippen molar-refractivity contribution in [2.24, 2.45) is 5.92 Å². The first-order valence-corrected chi connectivity index (χ1v) is 6.30. The van der Waals surface area contributed by atoms with Gasteiger partial charge in [-0.05, 0) is 25.7 Å². The molecule has 2 aliphatic rings. The fourth-order valence-electron chi connectivity index (χ4n) is 2.30. The SMILES string of the molecule is CC(C1CC1)n1nc(N2CCOCC2)nc1N. The summed E-state index contributed by atoms with van der Waals surface area (Å²) in [7, 11) is 0. The molecule has 0 spiro atoms. The molecule has 1 aliphatic carbocycles. The third kappa shape index (κ3) is 2.09. The van der Waals surface area contributed by atoms with Gasteiger partial charge in [-0.3, -0.25) is 0 Å². The molecule has 2 fully saturated rings. The van der Waals surface area contributed by atoms with Crippen molar-refractivity contribution in [3.63, 3.8) is 0 Å². The van der Waals surface area contributed by atoms with Gasteiger partial charge in [0.25, 0.3) is 0 Å². The van der Waals surface area contributed by atoms with Crippen molar-refractivity contribution in [3.05, 3.63) is 0 Å². The third-order valence-electron chi connectivity index (χ3n) is 3.63. The first kappa shape index (κ1) is 10.8. The molecular formula is C11H19N5O. The summed E-state index contributed by atoms with van der Waals surface area (Å²) >= 11 is 0. The number of nitrogens with two attached hydrogens (primary N) is 1. The Balaban J connectivity index is 1.79. The van der Waals surface area contributed by atoms with Crippen molar-refractivity contribution in [1.82, 2.24) is 14.8 Å². The Morgan fingerprint density at radius 2 is 2.06 bits per heavy atom. The summed E-state index contributed by atoms with van der Waals surface area (Å²) in [6.45, 7) is 5.35. The number of nitrogen functional groups attached to an aromatic ring is 1. The Morgan fingerprint density at radius 1 is 1.35 bits per heavy atom. The van der Waals surface area contributed by atoms with Crippen LogP contribution in [-0.2, 0) is 4.74 Å². The molecule has 1 unspecified atom stereocenters. The lowest BCUT2D eigenvalue weighted by atomic mass is 10.2. The van der Waals surface area contributed by atoms with Crippen LogP contribution in [0.1, 0.15) is 25.8 Å². The molecule has 0 radical (unpaired) electrons. The molecule has 1 aromatic rings. The standard InChI is InChI=1S/C11H19N5O/c1-8(9-2-3-9)16-10(12)13-11(14-16)15-4-6-17-7-5-15/h8-9H,2-7H2,1H3,(H2,12,13,14). The van der Waals surface area contributed by atoms with Crippen LogP contribution in [0, 0.1) is 5.92 Å². The maximum absolute atomic E-state index is 5.95. The van der Waals surface area contributed by atoms with Crippen LogP contribution >= 0.6 is 0 Å². The summed E-state index contributed by atoms with van der Waals surface area (Å²) in [6.07, 6.45) is 2.57. The highest BCUT2D eigenvalue weighted by Crippen LogP contribution is 2.40. The smallest absolute Gasteiger partial charge is 0.246 e. The van der Waals surface area contributed by atoms with E-state index in [4.69, 9.17) is 10.5 Å². The van der Waals surface area contributed by atoms with Gasteiger partial charge in [-0.25, -0.2) is 4.68 Å². The summed E-state index contributed by atoms with van der Waals surface area (Å²) in [5.41, 5.74) is 5.95. The largest absolute Gasteiger partial charge is 0.378 e. The summed E-state index contributed by atoms with van der Waals surface area (Å²) in [6, 6.07) is 0.372. The van der Waals surface area contributed by atoms with E-state index in [9.17, 15) is 0 Å². The van der Waals surface area contributed by atoms with Crippen molar-refractivity contribution in [2.45, 2.75) is 25.8 Å². The minimum atomic E-state index is 0.372. The molecule has 94 valence electrons. The second kappa shape index (κ2) is 4.18. The molecule has 2 heterocycles. The van der Waals surface area contributed by atoms with E-state index in [1.807, 2.05) is 4.68 Å². The number of aromatic nitrogens is 3. The van der Waals surface area contributed by atoms with Gasteiger partial charge in [0, 0.05) is 13.1 Å². The highest BCUT2D eigenvalue weighted by atomic mass is 16.5. The van der Waals surface area contributed by atoms with Gasteiger partial charge in [-0.2, -0.15) is 4.98 Å². The Kier molecular flexibility index (Phi) is 2.66. The molecule has 6 heteroatoms. The molecule has 17 heavy (non-hydrogen) atoms. The summed E-state index contributed by atoms with van der Waals surface area (Å²) < 4.78 is 7.20. The summed E-state index contributed by atoms with van der Waals surface area (Å²) in [5, 5.41) is 4.55. The molecular weight excluding hydrogens is 218 g/mol. The lowest BCUT2D eigenvalue weighted by Gasteiger charge is -2.25. The van der Waals surface area contributed by atoms with Crippen molar-refractivity contribution >= 4 is 11.9 Å². The minimum absolute atomic E-state index is 0.372. The molecule has 1 saturated heterocycles. The normalized spacial score (nSPS) is 22.8. The molecule has 0 amide bonds. The first-order chi connectivity index (χ1) is 8.25. The van der Waals surface area contributed by atoms with Gasteiger partial charge in [0.15, 0.2) is 0 Å². The maximum atomic E-state index is 5.95. The van der Waals surface area contributed by atoms with Crippen LogP contribution in [-0.4, -0.2) is 41.1 Å². The lowest BCUT2D eigenvalue weighted by Crippen LogP contribution is -2.37. The van der Waals surface area contributed by atoms with E-state index in [1.54, 1.807) is 0 Å². The van der Waals surface area contributed by atoms with Crippen LogP contribution < -0.4 is 10.6 Å². The molecule has 1 saturated carbocycles. The fraction of sp³-hybridized carbons (Fsp3) is 0.818. The predicted octanol–water partition coefficient (Wildman–Crippen LogP) is 0.668. The zero-order valence-corrected chi connectivity index (χ0v) is 10.2. The van der Waals surface area contributed by atoms with Crippen LogP contribution in [0.25, 0.3) is 0 Å². The van der Waals surface area contributed by atoms with Crippen molar-refractivity contribution in [1.29, 1.82) is 0 Å². The van der Waals surface area contributed by atoms with Gasteiger partial charge in [-0.1, -0.05) is 0 Å². The van der Waals surface area contributed by atoms with E-state index in [1.165, 1.54) is 12.8 Å². The van der Waals surface area contributed by atoms with Crippen LogP contribution in [0.5, 0.6) is 0 Å². The average molecular weight is 237 g/mol. The van der Waals surface area contributed by atoms with Gasteiger partial charge < -0.3 is 15.4 Å². The van der Waals surface area contributed by atoms with Crippen molar-refractivity contribution in [3.8, 4) is 0 Å². The molecule has 2 N–H and O–H groups in total. The molecule has 1 atom stereocenters. The molecule has 0 bridgehead atoms. The number of rotatable bonds is 3. The Labute approximate surface area is 101 Å². The highest BCUT2D eigenvalue weighted by Gasteiger charge is 2.31. The summed E-state index contributed by atoms with van der Waals surface area (Å²) in [4.78, 5) is 6.50. The predicted molar refractivity (Wildman–Crippen MR) is 64.9 cm³/mol. The second-order valence-electron chi connectivity index (χ2n) is 4.89. The highest BCUT2D eigenvalue weighted by molar-refractivity contribution is 5.35. The van der Waals surface area contributed by atoms with E-state index in [0.29, 0.717) is 12.0 Å². The topological polar surface area (TPSA) is 69.2 Å². The first-order valence-electron chi connectivity index (χ1n) is 6.30. The Hall–Kier alpha value is -1.30.